The Bertz CT molecular complexity index is 1300. The minimum absolute atomic E-state index is 0.0291. The average molecular weight is 480 g/mol. The van der Waals surface area contributed by atoms with E-state index in [0.717, 1.165) is 4.68 Å². The number of hydrogen-bond donors (Lipinski definition) is 1. The van der Waals surface area contributed by atoms with Crippen LogP contribution in [-0.2, 0) is 13.2 Å². The van der Waals surface area contributed by atoms with Crippen molar-refractivity contribution in [2.24, 2.45) is 0 Å². The third-order valence-corrected chi connectivity index (χ3v) is 4.70. The molecule has 0 unspecified atom stereocenters. The summed E-state index contributed by atoms with van der Waals surface area (Å²) in [6, 6.07) is 11.2. The van der Waals surface area contributed by atoms with Gasteiger partial charge in [0.05, 0.1) is 12.1 Å². The van der Waals surface area contributed by atoms with Gasteiger partial charge in [-0.3, -0.25) is 9.48 Å². The van der Waals surface area contributed by atoms with E-state index in [0.29, 0.717) is 16.5 Å². The van der Waals surface area contributed by atoms with Crippen LogP contribution in [0.3, 0.4) is 0 Å². The number of carbonyl (C=O) groups excluding carboxylic acids is 1. The van der Waals surface area contributed by atoms with Crippen molar-refractivity contribution in [3.8, 4) is 5.75 Å². The second-order valence-electron chi connectivity index (χ2n) is 6.81. The van der Waals surface area contributed by atoms with Gasteiger partial charge in [-0.1, -0.05) is 17.7 Å². The topological polar surface area (TPSA) is 69.3 Å². The van der Waals surface area contributed by atoms with Gasteiger partial charge in [-0.15, -0.1) is 0 Å². The van der Waals surface area contributed by atoms with Crippen LogP contribution in [0.25, 0.3) is 0 Å². The van der Waals surface area contributed by atoms with Gasteiger partial charge in [0.2, 0.25) is 0 Å². The molecule has 0 saturated heterocycles. The molecule has 2 aromatic carbocycles. The van der Waals surface area contributed by atoms with E-state index in [1.807, 2.05) is 0 Å². The van der Waals surface area contributed by atoms with Crippen molar-refractivity contribution in [1.82, 2.24) is 9.78 Å². The maximum absolute atomic E-state index is 13.8. The normalized spacial score (nSPS) is 10.9. The highest BCUT2D eigenvalue weighted by Gasteiger charge is 2.20. The zero-order valence-electron chi connectivity index (χ0n) is 16.6. The van der Waals surface area contributed by atoms with Crippen LogP contribution in [-0.4, -0.2) is 15.7 Å². The number of amides is 1. The van der Waals surface area contributed by atoms with Crippen molar-refractivity contribution < 1.29 is 31.5 Å². The predicted molar refractivity (Wildman–Crippen MR) is 110 cm³/mol. The number of anilines is 1. The Morgan fingerprint density at radius 2 is 1.82 bits per heavy atom. The zero-order chi connectivity index (χ0) is 23.5. The van der Waals surface area contributed by atoms with Crippen LogP contribution in [0.4, 0.5) is 23.4 Å². The largest absolute Gasteiger partial charge is 0.486 e. The highest BCUT2D eigenvalue weighted by Crippen LogP contribution is 2.21. The third-order valence-electron chi connectivity index (χ3n) is 4.47. The van der Waals surface area contributed by atoms with Gasteiger partial charge in [0, 0.05) is 23.4 Å². The van der Waals surface area contributed by atoms with Crippen molar-refractivity contribution in [2.45, 2.75) is 13.2 Å². The summed E-state index contributed by atoms with van der Waals surface area (Å²) >= 11 is 5.89. The summed E-state index contributed by atoms with van der Waals surface area (Å²) in [7, 11) is 0. The molecular formula is C22H14ClF4N3O3. The molecule has 0 atom stereocenters. The molecule has 2 heterocycles. The molecule has 0 radical (unpaired) electrons. The number of nitrogens with one attached hydrogen (secondary N) is 1. The summed E-state index contributed by atoms with van der Waals surface area (Å²) in [6.07, 6.45) is 1.28. The maximum Gasteiger partial charge on any atom is 0.292 e. The van der Waals surface area contributed by atoms with Gasteiger partial charge in [-0.05, 0) is 30.3 Å². The fourth-order valence-corrected chi connectivity index (χ4v) is 3.09. The van der Waals surface area contributed by atoms with Gasteiger partial charge in [0.25, 0.3) is 5.91 Å². The van der Waals surface area contributed by atoms with Crippen LogP contribution < -0.4 is 10.1 Å². The number of hydrogen-bond acceptors (Lipinski definition) is 4. The first kappa shape index (κ1) is 22.4. The number of aromatic nitrogens is 2. The first-order valence-corrected chi connectivity index (χ1v) is 9.81. The number of benzene rings is 2. The highest BCUT2D eigenvalue weighted by molar-refractivity contribution is 6.30. The molecule has 0 spiro atoms. The lowest BCUT2D eigenvalue weighted by Gasteiger charge is -2.07. The summed E-state index contributed by atoms with van der Waals surface area (Å²) in [5.41, 5.74) is -0.830. The molecule has 11 heteroatoms. The lowest BCUT2D eigenvalue weighted by molar-refractivity contribution is 0.0992. The van der Waals surface area contributed by atoms with Gasteiger partial charge in [-0.25, -0.2) is 17.6 Å². The number of nitrogens with zero attached hydrogens (tertiary/aromatic N) is 2. The van der Waals surface area contributed by atoms with Crippen molar-refractivity contribution in [3.63, 3.8) is 0 Å². The van der Waals surface area contributed by atoms with Crippen LogP contribution in [0.15, 0.2) is 59.1 Å². The molecule has 6 nitrogen and oxygen atoms in total. The molecule has 170 valence electrons. The number of furan rings is 1. The number of ether oxygens (including phenoxy) is 1. The third kappa shape index (κ3) is 5.17. The first-order valence-electron chi connectivity index (χ1n) is 9.44. The maximum atomic E-state index is 13.8. The summed E-state index contributed by atoms with van der Waals surface area (Å²) in [6.45, 7) is -0.530. The van der Waals surface area contributed by atoms with Crippen molar-refractivity contribution >= 4 is 23.3 Å². The lowest BCUT2D eigenvalue weighted by Crippen LogP contribution is -2.13. The van der Waals surface area contributed by atoms with Gasteiger partial charge < -0.3 is 14.5 Å². The quantitative estimate of drug-likeness (QED) is 0.278. The van der Waals surface area contributed by atoms with E-state index in [2.05, 4.69) is 10.4 Å². The molecule has 4 rings (SSSR count). The minimum atomic E-state index is -1.52. The van der Waals surface area contributed by atoms with Crippen molar-refractivity contribution in [3.05, 3.63) is 100 Å². The Morgan fingerprint density at radius 3 is 2.55 bits per heavy atom. The Balaban J connectivity index is 1.38. The van der Waals surface area contributed by atoms with E-state index in [9.17, 15) is 22.4 Å². The molecule has 2 aromatic heterocycles. The van der Waals surface area contributed by atoms with Gasteiger partial charge in [0.1, 0.15) is 18.1 Å². The number of halogens is 5. The van der Waals surface area contributed by atoms with E-state index in [1.165, 1.54) is 18.3 Å². The van der Waals surface area contributed by atoms with Crippen molar-refractivity contribution in [1.29, 1.82) is 0 Å². The second kappa shape index (κ2) is 9.37. The van der Waals surface area contributed by atoms with E-state index >= 15 is 0 Å². The molecule has 1 amide bonds. The zero-order valence-corrected chi connectivity index (χ0v) is 17.4. The van der Waals surface area contributed by atoms with E-state index < -0.39 is 41.3 Å². The molecular weight excluding hydrogens is 466 g/mol. The second-order valence-corrected chi connectivity index (χ2v) is 7.25. The Labute approximate surface area is 189 Å². The predicted octanol–water partition coefficient (Wildman–Crippen LogP) is 5.57. The van der Waals surface area contributed by atoms with Gasteiger partial charge in [0.15, 0.2) is 34.8 Å². The molecule has 0 aliphatic carbocycles. The average Bonchev–Trinajstić information content (AvgIpc) is 3.43. The Kier molecular flexibility index (Phi) is 6.36. The van der Waals surface area contributed by atoms with Crippen LogP contribution in [0.2, 0.25) is 5.02 Å². The molecule has 0 aliphatic heterocycles. The first-order chi connectivity index (χ1) is 15.8. The Morgan fingerprint density at radius 1 is 1.06 bits per heavy atom. The van der Waals surface area contributed by atoms with Crippen LogP contribution >= 0.6 is 11.6 Å². The fourth-order valence-electron chi connectivity index (χ4n) is 2.91. The lowest BCUT2D eigenvalue weighted by atomic mass is 10.2. The highest BCUT2D eigenvalue weighted by atomic mass is 35.5. The van der Waals surface area contributed by atoms with Gasteiger partial charge >= 0.3 is 0 Å². The van der Waals surface area contributed by atoms with Crippen LogP contribution in [0.5, 0.6) is 5.75 Å². The van der Waals surface area contributed by atoms with Crippen LogP contribution in [0.1, 0.15) is 21.9 Å². The number of carbonyl (C=O) groups is 1. The van der Waals surface area contributed by atoms with Gasteiger partial charge in [-0.2, -0.15) is 5.10 Å². The van der Waals surface area contributed by atoms with E-state index in [4.69, 9.17) is 20.8 Å². The summed E-state index contributed by atoms with van der Waals surface area (Å²) in [5.74, 6) is -5.79. The minimum Gasteiger partial charge on any atom is -0.486 e. The fraction of sp³-hybridized carbons (Fsp3) is 0.0909. The summed E-state index contributed by atoms with van der Waals surface area (Å²) in [4.78, 5) is 12.4. The van der Waals surface area contributed by atoms with Crippen LogP contribution in [0, 0.1) is 23.3 Å². The standard InChI is InChI=1S/C22H14ClF4N3O3/c23-12-2-1-3-13(8-12)32-11-14-4-5-18(33-14)22(31)28-19-6-7-30(29-19)10-15-20(26)16(24)9-17(25)21(15)27/h1-9H,10-11H2,(H,28,29,31). The van der Waals surface area contributed by atoms with E-state index in [1.54, 1.807) is 30.3 Å². The van der Waals surface area contributed by atoms with Crippen molar-refractivity contribution in [2.75, 3.05) is 5.32 Å². The molecule has 0 fully saturated rings. The SMILES string of the molecule is O=C(Nc1ccn(Cc2c(F)c(F)cc(F)c2F)n1)c1ccc(COc2cccc(Cl)c2)o1. The summed E-state index contributed by atoms with van der Waals surface area (Å²) < 4.78 is 66.4. The monoisotopic (exact) mass is 479 g/mol. The smallest absolute Gasteiger partial charge is 0.292 e. The Hall–Kier alpha value is -3.79. The molecule has 0 aliphatic rings. The molecule has 0 saturated carbocycles. The van der Waals surface area contributed by atoms with E-state index in [-0.39, 0.29) is 24.3 Å². The molecule has 33 heavy (non-hydrogen) atoms. The summed E-state index contributed by atoms with van der Waals surface area (Å²) in [5, 5.41) is 6.90. The molecule has 0 bridgehead atoms. The number of rotatable bonds is 7. The molecule has 1 N–H and O–H groups in total. The molecule has 4 aromatic rings.